The molecule has 1 amide bonds. The minimum Gasteiger partial charge on any atom is -0.272 e. The fraction of sp³-hybridized carbons (Fsp3) is 0.389. The fourth-order valence-electron chi connectivity index (χ4n) is 3.03. The van der Waals surface area contributed by atoms with Crippen LogP contribution in [0.3, 0.4) is 0 Å². The van der Waals surface area contributed by atoms with Crippen molar-refractivity contribution in [2.24, 2.45) is 0 Å². The number of amides is 1. The number of hydrogen-bond acceptors (Lipinski definition) is 4. The van der Waals surface area contributed by atoms with Gasteiger partial charge in [-0.25, -0.2) is 14.7 Å². The number of benzene rings is 1. The van der Waals surface area contributed by atoms with Gasteiger partial charge in [0, 0.05) is 37.5 Å². The molecule has 162 valence electrons. The molecular weight excluding hydrogens is 416 g/mol. The van der Waals surface area contributed by atoms with Gasteiger partial charge in [0.25, 0.3) is 5.91 Å². The molecule has 1 aromatic heterocycles. The first-order valence-electron chi connectivity index (χ1n) is 8.94. The average Bonchev–Trinajstić information content (AvgIpc) is 3.33. The smallest absolute Gasteiger partial charge is 0.272 e. The van der Waals surface area contributed by atoms with Crippen molar-refractivity contribution in [2.45, 2.75) is 25.7 Å². The van der Waals surface area contributed by atoms with E-state index in [0.29, 0.717) is 25.2 Å². The summed E-state index contributed by atoms with van der Waals surface area (Å²) in [6.07, 6.45) is -5.56. The van der Waals surface area contributed by atoms with Gasteiger partial charge >= 0.3 is 12.4 Å². The first-order chi connectivity index (χ1) is 14.0. The van der Waals surface area contributed by atoms with Crippen LogP contribution in [0.4, 0.5) is 26.3 Å². The quantitative estimate of drug-likeness (QED) is 0.542. The SMILES string of the molecule is CCN1CCCN1C(=O)/C=C\n1cnc(-c2cc(C(F)(F)F)cc(C(F)(F)F)c2)n1. The van der Waals surface area contributed by atoms with Crippen molar-refractivity contribution in [3.63, 3.8) is 0 Å². The Balaban J connectivity index is 1.86. The van der Waals surface area contributed by atoms with Crippen molar-refractivity contribution in [3.05, 3.63) is 41.7 Å². The molecule has 0 aliphatic carbocycles. The highest BCUT2D eigenvalue weighted by atomic mass is 19.4. The monoisotopic (exact) mass is 433 g/mol. The van der Waals surface area contributed by atoms with E-state index < -0.39 is 29.0 Å². The Morgan fingerprint density at radius 2 is 1.70 bits per heavy atom. The van der Waals surface area contributed by atoms with Crippen LogP contribution in [0.15, 0.2) is 30.6 Å². The Morgan fingerprint density at radius 1 is 1.07 bits per heavy atom. The zero-order chi connectivity index (χ0) is 22.1. The van der Waals surface area contributed by atoms with Gasteiger partial charge in [-0.1, -0.05) is 6.92 Å². The van der Waals surface area contributed by atoms with Crippen LogP contribution in [-0.4, -0.2) is 50.3 Å². The molecule has 2 aromatic rings. The van der Waals surface area contributed by atoms with Crippen molar-refractivity contribution < 1.29 is 31.1 Å². The van der Waals surface area contributed by atoms with E-state index >= 15 is 0 Å². The minimum atomic E-state index is -4.97. The van der Waals surface area contributed by atoms with Gasteiger partial charge in [-0.15, -0.1) is 5.10 Å². The van der Waals surface area contributed by atoms with Crippen molar-refractivity contribution >= 4 is 12.1 Å². The van der Waals surface area contributed by atoms with Crippen LogP contribution in [0.1, 0.15) is 24.5 Å². The van der Waals surface area contributed by atoms with E-state index in [0.717, 1.165) is 24.0 Å². The Morgan fingerprint density at radius 3 is 2.27 bits per heavy atom. The summed E-state index contributed by atoms with van der Waals surface area (Å²) in [4.78, 5) is 16.0. The number of alkyl halides is 6. The molecule has 0 radical (unpaired) electrons. The first-order valence-corrected chi connectivity index (χ1v) is 8.94. The number of aromatic nitrogens is 3. The number of hydrazine groups is 1. The summed E-state index contributed by atoms with van der Waals surface area (Å²) in [5, 5.41) is 7.28. The molecule has 3 rings (SSSR count). The van der Waals surface area contributed by atoms with E-state index in [1.54, 1.807) is 5.01 Å². The lowest BCUT2D eigenvalue weighted by atomic mass is 10.0. The highest BCUT2D eigenvalue weighted by molar-refractivity contribution is 5.89. The lowest BCUT2D eigenvalue weighted by Gasteiger charge is -2.25. The number of carbonyl (C=O) groups excluding carboxylic acids is 1. The second kappa shape index (κ2) is 8.09. The van der Waals surface area contributed by atoms with Crippen LogP contribution in [0, 0.1) is 0 Å². The van der Waals surface area contributed by atoms with Gasteiger partial charge in [-0.2, -0.15) is 26.3 Å². The van der Waals surface area contributed by atoms with Crippen molar-refractivity contribution in [3.8, 4) is 11.4 Å². The van der Waals surface area contributed by atoms with Crippen LogP contribution in [0.5, 0.6) is 0 Å². The Bertz CT molecular complexity index is 917. The molecule has 1 fully saturated rings. The van der Waals surface area contributed by atoms with E-state index in [4.69, 9.17) is 0 Å². The topological polar surface area (TPSA) is 54.3 Å². The summed E-state index contributed by atoms with van der Waals surface area (Å²) in [5.74, 6) is -0.648. The molecule has 30 heavy (non-hydrogen) atoms. The van der Waals surface area contributed by atoms with E-state index in [1.807, 2.05) is 11.9 Å². The van der Waals surface area contributed by atoms with Crippen molar-refractivity contribution in [1.82, 2.24) is 24.8 Å². The molecule has 12 heteroatoms. The summed E-state index contributed by atoms with van der Waals surface area (Å²) in [6, 6.07) is 1.13. The minimum absolute atomic E-state index is 0.0363. The number of carbonyl (C=O) groups is 1. The molecule has 1 aromatic carbocycles. The molecular formula is C18H17F6N5O. The first kappa shape index (κ1) is 21.8. The number of halogens is 6. The zero-order valence-corrected chi connectivity index (χ0v) is 15.7. The van der Waals surface area contributed by atoms with Gasteiger partial charge in [0.15, 0.2) is 5.82 Å². The van der Waals surface area contributed by atoms with Gasteiger partial charge in [0.05, 0.1) is 11.1 Å². The molecule has 0 unspecified atom stereocenters. The van der Waals surface area contributed by atoms with Crippen LogP contribution < -0.4 is 0 Å². The standard InChI is InChI=1S/C18H17F6N5O/c1-2-28-5-3-6-29(28)15(30)4-7-27-11-25-16(26-27)12-8-13(17(19,20)21)10-14(9-12)18(22,23)24/h4,7-11H,2-3,5-6H2,1H3/b7-4-. The van der Waals surface area contributed by atoms with Gasteiger partial charge in [0.2, 0.25) is 0 Å². The summed E-state index contributed by atoms with van der Waals surface area (Å²) in [7, 11) is 0. The molecule has 1 aliphatic rings. The Kier molecular flexibility index (Phi) is 5.88. The molecule has 0 N–H and O–H groups in total. The summed E-state index contributed by atoms with van der Waals surface area (Å²) in [5.41, 5.74) is -3.35. The highest BCUT2D eigenvalue weighted by Crippen LogP contribution is 2.38. The second-order valence-electron chi connectivity index (χ2n) is 6.52. The second-order valence-corrected chi connectivity index (χ2v) is 6.52. The highest BCUT2D eigenvalue weighted by Gasteiger charge is 2.37. The third kappa shape index (κ3) is 4.81. The summed E-state index contributed by atoms with van der Waals surface area (Å²) >= 11 is 0. The van der Waals surface area contributed by atoms with E-state index in [9.17, 15) is 31.1 Å². The fourth-order valence-corrected chi connectivity index (χ4v) is 3.03. The molecule has 0 saturated carbocycles. The van der Waals surface area contributed by atoms with Gasteiger partial charge in [-0.05, 0) is 24.6 Å². The summed E-state index contributed by atoms with van der Waals surface area (Å²) < 4.78 is 79.1. The molecule has 1 saturated heterocycles. The maximum absolute atomic E-state index is 13.0. The van der Waals surface area contributed by atoms with Crippen LogP contribution in [0.2, 0.25) is 0 Å². The lowest BCUT2D eigenvalue weighted by Crippen LogP contribution is -2.40. The lowest BCUT2D eigenvalue weighted by molar-refractivity contribution is -0.143. The van der Waals surface area contributed by atoms with Crippen molar-refractivity contribution in [2.75, 3.05) is 19.6 Å². The molecule has 0 bridgehead atoms. The maximum Gasteiger partial charge on any atom is 0.416 e. The zero-order valence-electron chi connectivity index (χ0n) is 15.7. The predicted molar refractivity (Wildman–Crippen MR) is 94.4 cm³/mol. The molecule has 6 nitrogen and oxygen atoms in total. The summed E-state index contributed by atoms with van der Waals surface area (Å²) in [6.45, 7) is 3.87. The molecule has 0 spiro atoms. The van der Waals surface area contributed by atoms with Crippen LogP contribution in [-0.2, 0) is 17.1 Å². The van der Waals surface area contributed by atoms with Gasteiger partial charge < -0.3 is 0 Å². The molecule has 0 atom stereocenters. The van der Waals surface area contributed by atoms with Crippen LogP contribution >= 0.6 is 0 Å². The molecule has 1 aliphatic heterocycles. The van der Waals surface area contributed by atoms with E-state index in [2.05, 4.69) is 10.1 Å². The number of nitrogens with zero attached hydrogens (tertiary/aromatic N) is 5. The van der Waals surface area contributed by atoms with Gasteiger partial charge in [-0.3, -0.25) is 9.80 Å². The van der Waals surface area contributed by atoms with Gasteiger partial charge in [0.1, 0.15) is 6.33 Å². The maximum atomic E-state index is 13.0. The van der Waals surface area contributed by atoms with E-state index in [1.165, 1.54) is 12.3 Å². The van der Waals surface area contributed by atoms with E-state index in [-0.39, 0.29) is 17.8 Å². The normalized spacial score (nSPS) is 16.0. The molecule has 2 heterocycles. The third-order valence-corrected chi connectivity index (χ3v) is 4.47. The Labute approximate surface area is 167 Å². The predicted octanol–water partition coefficient (Wildman–Crippen LogP) is 3.92. The number of rotatable bonds is 4. The average molecular weight is 433 g/mol. The number of hydrogen-bond donors (Lipinski definition) is 0. The van der Waals surface area contributed by atoms with Crippen LogP contribution in [0.25, 0.3) is 17.6 Å². The van der Waals surface area contributed by atoms with Crippen molar-refractivity contribution in [1.29, 1.82) is 0 Å². The largest absolute Gasteiger partial charge is 0.416 e. The third-order valence-electron chi connectivity index (χ3n) is 4.47. The Hall–Kier alpha value is -2.89.